The molecule has 0 amide bonds. The number of hydrogen-bond acceptors (Lipinski definition) is 1. The molecule has 0 radical (unpaired) electrons. The number of aryl methyl sites for hydroxylation is 4. The summed E-state index contributed by atoms with van der Waals surface area (Å²) in [6.07, 6.45) is 9.00. The van der Waals surface area contributed by atoms with Crippen molar-refractivity contribution in [2.45, 2.75) is 78.6 Å². The van der Waals surface area contributed by atoms with Crippen molar-refractivity contribution in [3.63, 3.8) is 0 Å². The van der Waals surface area contributed by atoms with E-state index in [9.17, 15) is 0 Å². The van der Waals surface area contributed by atoms with Crippen molar-refractivity contribution in [2.75, 3.05) is 13.1 Å². The van der Waals surface area contributed by atoms with Gasteiger partial charge in [0.1, 0.15) is 0 Å². The molecular weight excluding hydrogens is 326 g/mol. The summed E-state index contributed by atoms with van der Waals surface area (Å²) >= 11 is 0. The molecule has 0 aromatic heterocycles. The van der Waals surface area contributed by atoms with Gasteiger partial charge in [0.15, 0.2) is 0 Å². The molecule has 1 aliphatic heterocycles. The third kappa shape index (κ3) is 7.50. The minimum atomic E-state index is 0.793. The largest absolute Gasteiger partial charge is 0.317 e. The molecule has 1 heterocycles. The van der Waals surface area contributed by atoms with E-state index in [0.717, 1.165) is 12.3 Å². The Kier molecular flexibility index (Phi) is 9.62. The van der Waals surface area contributed by atoms with Crippen LogP contribution in [0, 0.1) is 13.8 Å². The van der Waals surface area contributed by atoms with Gasteiger partial charge in [-0.1, -0.05) is 74.7 Å². The third-order valence-electron chi connectivity index (χ3n) is 5.75. The molecule has 1 saturated heterocycles. The van der Waals surface area contributed by atoms with Gasteiger partial charge in [0.25, 0.3) is 0 Å². The summed E-state index contributed by atoms with van der Waals surface area (Å²) in [5, 5.41) is 3.40. The lowest BCUT2D eigenvalue weighted by Crippen LogP contribution is -2.26. The smallest absolute Gasteiger partial charge is 0.00431 e. The van der Waals surface area contributed by atoms with Crippen molar-refractivity contribution in [1.82, 2.24) is 5.32 Å². The Morgan fingerprint density at radius 3 is 2.19 bits per heavy atom. The van der Waals surface area contributed by atoms with Gasteiger partial charge in [0, 0.05) is 0 Å². The second-order valence-corrected chi connectivity index (χ2v) is 8.01. The van der Waals surface area contributed by atoms with E-state index in [0.29, 0.717) is 0 Å². The second-order valence-electron chi connectivity index (χ2n) is 8.01. The van der Waals surface area contributed by atoms with Crippen molar-refractivity contribution in [3.8, 4) is 0 Å². The Labute approximate surface area is 167 Å². The molecule has 0 atom stereocenters. The van der Waals surface area contributed by atoms with Crippen LogP contribution in [0.5, 0.6) is 0 Å². The summed E-state index contributed by atoms with van der Waals surface area (Å²) in [4.78, 5) is 0. The fraction of sp³-hybridized carbons (Fsp3) is 0.538. The summed E-state index contributed by atoms with van der Waals surface area (Å²) in [7, 11) is 0. The topological polar surface area (TPSA) is 12.0 Å². The average molecular weight is 366 g/mol. The predicted octanol–water partition coefficient (Wildman–Crippen LogP) is 6.75. The first-order chi connectivity index (χ1) is 13.1. The summed E-state index contributed by atoms with van der Waals surface area (Å²) in [5.41, 5.74) is 7.35. The Morgan fingerprint density at radius 1 is 0.889 bits per heavy atom. The number of hydrogen-bond donors (Lipinski definition) is 1. The number of unbranched alkanes of at least 4 members (excludes halogenated alkanes) is 2. The van der Waals surface area contributed by atoms with Gasteiger partial charge in [-0.3, -0.25) is 0 Å². The maximum absolute atomic E-state index is 3.40. The molecule has 0 aliphatic carbocycles. The highest BCUT2D eigenvalue weighted by Gasteiger charge is 2.14. The fourth-order valence-corrected chi connectivity index (χ4v) is 3.82. The Hall–Kier alpha value is -1.60. The van der Waals surface area contributed by atoms with Crippen LogP contribution >= 0.6 is 0 Å². The first-order valence-corrected chi connectivity index (χ1v) is 11.0. The van der Waals surface area contributed by atoms with E-state index < -0.39 is 0 Å². The molecule has 1 N–H and O–H groups in total. The second kappa shape index (κ2) is 12.0. The maximum Gasteiger partial charge on any atom is -0.00431 e. The van der Waals surface area contributed by atoms with Crippen molar-refractivity contribution in [3.05, 3.63) is 70.3 Å². The molecule has 148 valence electrons. The molecule has 1 heteroatoms. The van der Waals surface area contributed by atoms with E-state index >= 15 is 0 Å². The van der Waals surface area contributed by atoms with Crippen LogP contribution in [0.4, 0.5) is 0 Å². The highest BCUT2D eigenvalue weighted by Crippen LogP contribution is 2.24. The van der Waals surface area contributed by atoms with Gasteiger partial charge in [-0.2, -0.15) is 0 Å². The number of rotatable bonds is 6. The van der Waals surface area contributed by atoms with Crippen molar-refractivity contribution in [1.29, 1.82) is 0 Å². The molecule has 2 aromatic rings. The summed E-state index contributed by atoms with van der Waals surface area (Å²) < 4.78 is 0. The summed E-state index contributed by atoms with van der Waals surface area (Å²) in [6, 6.07) is 15.9. The Bertz CT molecular complexity index is 650. The summed E-state index contributed by atoms with van der Waals surface area (Å²) in [6.45, 7) is 11.2. The molecule has 2 aromatic carbocycles. The molecule has 0 saturated carbocycles. The highest BCUT2D eigenvalue weighted by molar-refractivity contribution is 5.31. The van der Waals surface area contributed by atoms with Gasteiger partial charge < -0.3 is 5.32 Å². The van der Waals surface area contributed by atoms with Gasteiger partial charge in [0.2, 0.25) is 0 Å². The van der Waals surface area contributed by atoms with E-state index in [1.165, 1.54) is 79.4 Å². The first kappa shape index (κ1) is 21.7. The summed E-state index contributed by atoms with van der Waals surface area (Å²) in [5.74, 6) is 0.793. The molecule has 3 rings (SSSR count). The highest BCUT2D eigenvalue weighted by atomic mass is 14.9. The maximum atomic E-state index is 3.40. The van der Waals surface area contributed by atoms with E-state index in [2.05, 4.69) is 75.5 Å². The van der Waals surface area contributed by atoms with Crippen LogP contribution in [0.15, 0.2) is 42.5 Å². The lowest BCUT2D eigenvalue weighted by molar-refractivity contribution is 0.460. The number of piperidine rings is 1. The van der Waals surface area contributed by atoms with Gasteiger partial charge in [-0.15, -0.1) is 0 Å². The van der Waals surface area contributed by atoms with Crippen LogP contribution in [0.3, 0.4) is 0 Å². The van der Waals surface area contributed by atoms with Crippen molar-refractivity contribution >= 4 is 0 Å². The zero-order valence-corrected chi connectivity index (χ0v) is 18.0. The predicted molar refractivity (Wildman–Crippen MR) is 120 cm³/mol. The quantitative estimate of drug-likeness (QED) is 0.558. The van der Waals surface area contributed by atoms with E-state index in [4.69, 9.17) is 0 Å². The minimum Gasteiger partial charge on any atom is -0.317 e. The van der Waals surface area contributed by atoms with Crippen LogP contribution in [0.25, 0.3) is 0 Å². The molecule has 1 nitrogen and oxygen atoms in total. The van der Waals surface area contributed by atoms with Crippen molar-refractivity contribution < 1.29 is 0 Å². The van der Waals surface area contributed by atoms with Crippen molar-refractivity contribution in [2.24, 2.45) is 0 Å². The number of benzene rings is 2. The van der Waals surface area contributed by atoms with Gasteiger partial charge in [0.05, 0.1) is 0 Å². The zero-order valence-electron chi connectivity index (χ0n) is 18.0. The van der Waals surface area contributed by atoms with Gasteiger partial charge >= 0.3 is 0 Å². The molecule has 1 aliphatic rings. The Balaban J connectivity index is 0.000000194. The van der Waals surface area contributed by atoms with E-state index in [1.807, 2.05) is 0 Å². The Morgan fingerprint density at radius 2 is 1.59 bits per heavy atom. The lowest BCUT2D eigenvalue weighted by atomic mass is 9.90. The fourth-order valence-electron chi connectivity index (χ4n) is 3.82. The molecule has 27 heavy (non-hydrogen) atoms. The van der Waals surface area contributed by atoms with Gasteiger partial charge in [-0.25, -0.2) is 0 Å². The van der Waals surface area contributed by atoms with E-state index in [-0.39, 0.29) is 0 Å². The van der Waals surface area contributed by atoms with Crippen LogP contribution in [-0.4, -0.2) is 13.1 Å². The average Bonchev–Trinajstić information content (AvgIpc) is 2.71. The van der Waals surface area contributed by atoms with Crippen LogP contribution < -0.4 is 5.32 Å². The van der Waals surface area contributed by atoms with Crippen LogP contribution in [0.2, 0.25) is 0 Å². The molecule has 0 spiro atoms. The standard InChI is InChI=1S/C14H22.C12H17N/c1-4-6-7-8-14-10-9-13(5-2)11-12(14)3;1-10-2-4-11(5-3-10)12-6-8-13-9-7-12/h9-11H,4-8H2,1-3H3;2-5,12-13H,6-9H2,1H3. The normalized spacial score (nSPS) is 14.5. The lowest BCUT2D eigenvalue weighted by Gasteiger charge is -2.22. The third-order valence-corrected chi connectivity index (χ3v) is 5.75. The monoisotopic (exact) mass is 365 g/mol. The minimum absolute atomic E-state index is 0.793. The zero-order chi connectivity index (χ0) is 19.5. The van der Waals surface area contributed by atoms with Gasteiger partial charge in [-0.05, 0) is 87.2 Å². The molecular formula is C26H39N. The molecule has 1 fully saturated rings. The number of nitrogens with one attached hydrogen (secondary N) is 1. The van der Waals surface area contributed by atoms with E-state index in [1.54, 1.807) is 0 Å². The SMILES string of the molecule is CCCCCc1ccc(CC)cc1C.Cc1ccc(C2CCNCC2)cc1. The van der Waals surface area contributed by atoms with Crippen LogP contribution in [0.1, 0.15) is 79.7 Å². The van der Waals surface area contributed by atoms with Crippen LogP contribution in [-0.2, 0) is 12.8 Å². The molecule has 0 unspecified atom stereocenters. The molecule has 0 bridgehead atoms. The first-order valence-electron chi connectivity index (χ1n) is 11.0.